The second kappa shape index (κ2) is 5.94. The van der Waals surface area contributed by atoms with Gasteiger partial charge in [-0.15, -0.1) is 0 Å². The Morgan fingerprint density at radius 3 is 2.67 bits per heavy atom. The van der Waals surface area contributed by atoms with Crippen molar-refractivity contribution in [2.75, 3.05) is 6.79 Å². The van der Waals surface area contributed by atoms with Crippen LogP contribution in [0.25, 0.3) is 0 Å². The number of carbonyl (C=O) groups excluding carboxylic acids is 1. The first-order valence-electron chi connectivity index (χ1n) is 7.64. The summed E-state index contributed by atoms with van der Waals surface area (Å²) in [4.78, 5) is 12.0. The quantitative estimate of drug-likeness (QED) is 0.786. The zero-order valence-corrected chi connectivity index (χ0v) is 14.6. The molecule has 1 atom stereocenters. The molecule has 0 bridgehead atoms. The predicted octanol–water partition coefficient (Wildman–Crippen LogP) is 3.88. The van der Waals surface area contributed by atoms with E-state index in [-0.39, 0.29) is 18.7 Å². The number of halogens is 1. The summed E-state index contributed by atoms with van der Waals surface area (Å²) >= 11 is 3.44. The van der Waals surface area contributed by atoms with Crippen molar-refractivity contribution < 1.29 is 14.3 Å². The highest BCUT2D eigenvalue weighted by Gasteiger charge is 2.31. The number of ether oxygens (including phenoxy) is 2. The summed E-state index contributed by atoms with van der Waals surface area (Å²) in [6, 6.07) is 13.7. The van der Waals surface area contributed by atoms with Crippen LogP contribution in [-0.4, -0.2) is 23.4 Å². The van der Waals surface area contributed by atoms with Gasteiger partial charge in [0.05, 0.1) is 11.8 Å². The maximum Gasteiger partial charge on any atom is 0.240 e. The molecular formula is C18H15BrN2O3. The maximum atomic E-state index is 12.0. The molecule has 0 saturated carbocycles. The fourth-order valence-electron chi connectivity index (χ4n) is 3.00. The molecule has 2 aliphatic heterocycles. The van der Waals surface area contributed by atoms with Crippen LogP contribution in [0.4, 0.5) is 0 Å². The number of benzene rings is 2. The van der Waals surface area contributed by atoms with Gasteiger partial charge in [-0.3, -0.25) is 4.79 Å². The van der Waals surface area contributed by atoms with E-state index in [1.165, 1.54) is 6.92 Å². The third kappa shape index (κ3) is 2.67. The molecule has 122 valence electrons. The number of amides is 1. The summed E-state index contributed by atoms with van der Waals surface area (Å²) in [5.74, 6) is 1.39. The van der Waals surface area contributed by atoms with Crippen molar-refractivity contribution in [3.8, 4) is 11.5 Å². The van der Waals surface area contributed by atoms with Crippen LogP contribution >= 0.6 is 15.9 Å². The van der Waals surface area contributed by atoms with Gasteiger partial charge in [-0.2, -0.15) is 5.10 Å². The van der Waals surface area contributed by atoms with Crippen molar-refractivity contribution in [3.05, 3.63) is 58.1 Å². The summed E-state index contributed by atoms with van der Waals surface area (Å²) in [5, 5.41) is 6.11. The van der Waals surface area contributed by atoms with Crippen molar-refractivity contribution in [2.45, 2.75) is 19.4 Å². The average Bonchev–Trinajstić information content (AvgIpc) is 3.21. The first kappa shape index (κ1) is 15.2. The monoisotopic (exact) mass is 386 g/mol. The Morgan fingerprint density at radius 2 is 1.92 bits per heavy atom. The van der Waals surface area contributed by atoms with Crippen LogP contribution in [0.3, 0.4) is 0 Å². The second-order valence-corrected chi connectivity index (χ2v) is 6.67. The van der Waals surface area contributed by atoms with Gasteiger partial charge in [0.1, 0.15) is 0 Å². The molecule has 0 saturated heterocycles. The highest BCUT2D eigenvalue weighted by atomic mass is 79.9. The van der Waals surface area contributed by atoms with Crippen LogP contribution in [0.15, 0.2) is 52.0 Å². The largest absolute Gasteiger partial charge is 0.454 e. The van der Waals surface area contributed by atoms with Crippen LogP contribution in [0.1, 0.15) is 30.5 Å². The van der Waals surface area contributed by atoms with Gasteiger partial charge < -0.3 is 9.47 Å². The number of hydrogen-bond acceptors (Lipinski definition) is 4. The number of rotatable bonds is 2. The average molecular weight is 387 g/mol. The van der Waals surface area contributed by atoms with E-state index in [0.29, 0.717) is 6.42 Å². The third-order valence-corrected chi connectivity index (χ3v) is 4.72. The maximum absolute atomic E-state index is 12.0. The van der Waals surface area contributed by atoms with Gasteiger partial charge in [0.15, 0.2) is 11.5 Å². The molecule has 0 radical (unpaired) electrons. The standard InChI is InChI=1S/C18H15BrN2O3/c1-11(22)21-16(12-2-5-14(19)6-3-12)9-15(20-21)13-4-7-17-18(8-13)24-10-23-17/h2-8,16H,9-10H2,1H3. The van der Waals surface area contributed by atoms with Crippen LogP contribution in [0.2, 0.25) is 0 Å². The Balaban J connectivity index is 1.66. The molecule has 5 nitrogen and oxygen atoms in total. The van der Waals surface area contributed by atoms with Crippen LogP contribution < -0.4 is 9.47 Å². The molecule has 2 aliphatic rings. The normalized spacial score (nSPS) is 18.7. The van der Waals surface area contributed by atoms with Gasteiger partial charge in [0.25, 0.3) is 0 Å². The molecule has 0 spiro atoms. The second-order valence-electron chi connectivity index (χ2n) is 5.75. The Bertz CT molecular complexity index is 833. The van der Waals surface area contributed by atoms with Gasteiger partial charge in [-0.1, -0.05) is 28.1 Å². The Kier molecular flexibility index (Phi) is 3.76. The number of hydrazone groups is 1. The summed E-state index contributed by atoms with van der Waals surface area (Å²) in [5.41, 5.74) is 2.88. The van der Waals surface area contributed by atoms with E-state index in [2.05, 4.69) is 21.0 Å². The lowest BCUT2D eigenvalue weighted by atomic mass is 9.98. The van der Waals surface area contributed by atoms with E-state index in [1.807, 2.05) is 42.5 Å². The topological polar surface area (TPSA) is 51.1 Å². The van der Waals surface area contributed by atoms with Crippen molar-refractivity contribution in [1.29, 1.82) is 0 Å². The fraction of sp³-hybridized carbons (Fsp3) is 0.222. The summed E-state index contributed by atoms with van der Waals surface area (Å²) < 4.78 is 11.8. The number of nitrogens with zero attached hydrogens (tertiary/aromatic N) is 2. The predicted molar refractivity (Wildman–Crippen MR) is 93.1 cm³/mol. The molecule has 24 heavy (non-hydrogen) atoms. The van der Waals surface area contributed by atoms with Crippen LogP contribution in [0.5, 0.6) is 11.5 Å². The lowest BCUT2D eigenvalue weighted by Gasteiger charge is -2.20. The smallest absolute Gasteiger partial charge is 0.240 e. The zero-order chi connectivity index (χ0) is 16.7. The van der Waals surface area contributed by atoms with E-state index in [4.69, 9.17) is 9.47 Å². The highest BCUT2D eigenvalue weighted by Crippen LogP contribution is 2.37. The summed E-state index contributed by atoms with van der Waals surface area (Å²) in [7, 11) is 0. The molecule has 2 heterocycles. The van der Waals surface area contributed by atoms with Gasteiger partial charge >= 0.3 is 0 Å². The molecule has 1 amide bonds. The Morgan fingerprint density at radius 1 is 1.17 bits per heavy atom. The molecule has 2 aromatic rings. The minimum absolute atomic E-state index is 0.0707. The molecular weight excluding hydrogens is 372 g/mol. The molecule has 0 N–H and O–H groups in total. The zero-order valence-electron chi connectivity index (χ0n) is 13.0. The fourth-order valence-corrected chi connectivity index (χ4v) is 3.26. The van der Waals surface area contributed by atoms with Crippen molar-refractivity contribution in [2.24, 2.45) is 5.10 Å². The van der Waals surface area contributed by atoms with Crippen molar-refractivity contribution >= 4 is 27.5 Å². The van der Waals surface area contributed by atoms with E-state index in [1.54, 1.807) is 5.01 Å². The number of fused-ring (bicyclic) bond motifs is 1. The minimum atomic E-state index is -0.0870. The first-order chi connectivity index (χ1) is 11.6. The van der Waals surface area contributed by atoms with Gasteiger partial charge in [0, 0.05) is 23.4 Å². The van der Waals surface area contributed by atoms with Gasteiger partial charge in [0.2, 0.25) is 12.7 Å². The summed E-state index contributed by atoms with van der Waals surface area (Å²) in [6.07, 6.45) is 0.668. The Labute approximate surface area is 148 Å². The van der Waals surface area contributed by atoms with Gasteiger partial charge in [-0.25, -0.2) is 5.01 Å². The van der Waals surface area contributed by atoms with E-state index in [0.717, 1.165) is 32.8 Å². The lowest BCUT2D eigenvalue weighted by Crippen LogP contribution is -2.24. The van der Waals surface area contributed by atoms with Crippen molar-refractivity contribution in [3.63, 3.8) is 0 Å². The number of carbonyl (C=O) groups is 1. The highest BCUT2D eigenvalue weighted by molar-refractivity contribution is 9.10. The molecule has 4 rings (SSSR count). The lowest BCUT2D eigenvalue weighted by molar-refractivity contribution is -0.130. The molecule has 0 aromatic heterocycles. The van der Waals surface area contributed by atoms with E-state index < -0.39 is 0 Å². The molecule has 2 aromatic carbocycles. The van der Waals surface area contributed by atoms with Crippen LogP contribution in [-0.2, 0) is 4.79 Å². The van der Waals surface area contributed by atoms with Crippen LogP contribution in [0, 0.1) is 0 Å². The summed E-state index contributed by atoms with van der Waals surface area (Å²) in [6.45, 7) is 1.78. The van der Waals surface area contributed by atoms with Gasteiger partial charge in [-0.05, 0) is 35.9 Å². The Hall–Kier alpha value is -2.34. The van der Waals surface area contributed by atoms with E-state index in [9.17, 15) is 4.79 Å². The molecule has 1 unspecified atom stereocenters. The SMILES string of the molecule is CC(=O)N1N=C(c2ccc3c(c2)OCO3)CC1c1ccc(Br)cc1. The first-order valence-corrected chi connectivity index (χ1v) is 8.44. The number of hydrogen-bond donors (Lipinski definition) is 0. The molecule has 6 heteroatoms. The third-order valence-electron chi connectivity index (χ3n) is 4.19. The molecule has 0 aliphatic carbocycles. The van der Waals surface area contributed by atoms with E-state index >= 15 is 0 Å². The minimum Gasteiger partial charge on any atom is -0.454 e. The molecule has 0 fully saturated rings. The van der Waals surface area contributed by atoms with Crippen molar-refractivity contribution in [1.82, 2.24) is 5.01 Å².